The van der Waals surface area contributed by atoms with Gasteiger partial charge >= 0.3 is 5.97 Å². The third-order valence-corrected chi connectivity index (χ3v) is 6.70. The predicted octanol–water partition coefficient (Wildman–Crippen LogP) is 7.59. The smallest absolute Gasteiger partial charge is 0.328 e. The number of aliphatic carboxylic acids is 1. The molecule has 9 heteroatoms. The highest BCUT2D eigenvalue weighted by molar-refractivity contribution is 7.23. The summed E-state index contributed by atoms with van der Waals surface area (Å²) in [6.45, 7) is 0.733. The number of ether oxygens (including phenoxy) is 1. The van der Waals surface area contributed by atoms with Gasteiger partial charge in [-0.15, -0.1) is 11.3 Å². The number of aromatic nitrogens is 2. The summed E-state index contributed by atoms with van der Waals surface area (Å²) in [6, 6.07) is 13.7. The first-order valence-electron chi connectivity index (χ1n) is 10.5. The van der Waals surface area contributed by atoms with Gasteiger partial charge in [-0.05, 0) is 48.0 Å². The summed E-state index contributed by atoms with van der Waals surface area (Å²) in [7, 11) is 0. The number of nitrogens with zero attached hydrogens (tertiary/aromatic N) is 1. The third-order valence-electron chi connectivity index (χ3n) is 5.45. The van der Waals surface area contributed by atoms with Crippen LogP contribution in [-0.4, -0.2) is 21.3 Å². The topological polar surface area (TPSA) is 75.2 Å². The van der Waals surface area contributed by atoms with E-state index in [0.717, 1.165) is 40.7 Å². The number of carboxylic acid groups (broad SMARTS) is 1. The molecule has 0 bridgehead atoms. The van der Waals surface area contributed by atoms with E-state index >= 15 is 0 Å². The molecular weight excluding hydrogens is 477 g/mol. The van der Waals surface area contributed by atoms with Gasteiger partial charge in [0.2, 0.25) is 0 Å². The van der Waals surface area contributed by atoms with E-state index in [1.54, 1.807) is 30.5 Å². The lowest BCUT2D eigenvalue weighted by Crippen LogP contribution is -2.09. The van der Waals surface area contributed by atoms with Crippen molar-refractivity contribution in [2.45, 2.75) is 12.8 Å². The Hall–Kier alpha value is -4.11. The molecule has 0 saturated carbocycles. The molecule has 0 atom stereocenters. The van der Waals surface area contributed by atoms with Gasteiger partial charge in [0.15, 0.2) is 5.75 Å². The maximum absolute atomic E-state index is 14.5. The van der Waals surface area contributed by atoms with Crippen molar-refractivity contribution in [3.8, 4) is 21.9 Å². The molecule has 0 amide bonds. The summed E-state index contributed by atoms with van der Waals surface area (Å²) >= 11 is 1.26. The standard InChI is InChI=1S/C26H17F3N2O3S/c1-26(28,29)20-12-15(27)5-8-17(20)25-23(18-9-10-21-19(13-30-31-21)24(18)35-25)34-16-6-2-14(3-7-16)4-11-22(32)33/h2-13H,1H3,(H,30,31)(H,32,33)/b11-4+. The summed E-state index contributed by atoms with van der Waals surface area (Å²) in [5.41, 5.74) is 1.17. The van der Waals surface area contributed by atoms with Gasteiger partial charge in [-0.1, -0.05) is 18.2 Å². The molecule has 0 fully saturated rings. The van der Waals surface area contributed by atoms with Crippen molar-refractivity contribution >= 4 is 44.4 Å². The van der Waals surface area contributed by atoms with Crippen LogP contribution in [0, 0.1) is 5.82 Å². The van der Waals surface area contributed by atoms with Gasteiger partial charge in [0.05, 0.1) is 16.6 Å². The fourth-order valence-corrected chi connectivity index (χ4v) is 5.12. The molecule has 2 aromatic heterocycles. The van der Waals surface area contributed by atoms with Crippen molar-refractivity contribution in [3.05, 3.63) is 83.8 Å². The van der Waals surface area contributed by atoms with Crippen molar-refractivity contribution in [1.82, 2.24) is 10.2 Å². The summed E-state index contributed by atoms with van der Waals surface area (Å²) in [6.07, 6.45) is 4.13. The number of H-pyrrole nitrogens is 1. The van der Waals surface area contributed by atoms with Crippen LogP contribution in [0.5, 0.6) is 11.5 Å². The molecule has 0 unspecified atom stereocenters. The maximum Gasteiger partial charge on any atom is 0.328 e. The minimum absolute atomic E-state index is 0.174. The second-order valence-corrected chi connectivity index (χ2v) is 8.98. The number of hydrogen-bond donors (Lipinski definition) is 2. The number of nitrogens with one attached hydrogen (secondary N) is 1. The predicted molar refractivity (Wildman–Crippen MR) is 130 cm³/mol. The zero-order chi connectivity index (χ0) is 24.7. The normalized spacial score (nSPS) is 12.1. The Labute approximate surface area is 201 Å². The summed E-state index contributed by atoms with van der Waals surface area (Å²) < 4.78 is 50.0. The molecule has 0 aliphatic heterocycles. The van der Waals surface area contributed by atoms with E-state index in [0.29, 0.717) is 27.3 Å². The number of carboxylic acids is 1. The second-order valence-electron chi connectivity index (χ2n) is 7.95. The Morgan fingerprint density at radius 1 is 1.11 bits per heavy atom. The van der Waals surface area contributed by atoms with Gasteiger partial charge in [0.25, 0.3) is 5.92 Å². The zero-order valence-electron chi connectivity index (χ0n) is 18.2. The molecule has 2 N–H and O–H groups in total. The zero-order valence-corrected chi connectivity index (χ0v) is 19.0. The lowest BCUT2D eigenvalue weighted by Gasteiger charge is -2.16. The van der Waals surface area contributed by atoms with Crippen LogP contribution in [0.3, 0.4) is 0 Å². The molecule has 0 aliphatic carbocycles. The van der Waals surface area contributed by atoms with Gasteiger partial charge < -0.3 is 9.84 Å². The molecule has 0 saturated heterocycles. The number of aromatic amines is 1. The van der Waals surface area contributed by atoms with E-state index in [4.69, 9.17) is 9.84 Å². The molecule has 5 aromatic rings. The summed E-state index contributed by atoms with van der Waals surface area (Å²) in [5, 5.41) is 17.3. The van der Waals surface area contributed by atoms with Crippen LogP contribution in [-0.2, 0) is 10.7 Å². The van der Waals surface area contributed by atoms with Crippen LogP contribution in [0.2, 0.25) is 0 Å². The highest BCUT2D eigenvalue weighted by Crippen LogP contribution is 2.50. The number of carbonyl (C=O) groups is 1. The monoisotopic (exact) mass is 494 g/mol. The van der Waals surface area contributed by atoms with Crippen LogP contribution in [0.15, 0.2) is 66.9 Å². The Kier molecular flexibility index (Phi) is 5.56. The van der Waals surface area contributed by atoms with E-state index < -0.39 is 23.3 Å². The van der Waals surface area contributed by atoms with Gasteiger partial charge in [-0.25, -0.2) is 18.0 Å². The van der Waals surface area contributed by atoms with E-state index in [-0.39, 0.29) is 5.56 Å². The minimum atomic E-state index is -3.28. The minimum Gasteiger partial charge on any atom is -0.478 e. The van der Waals surface area contributed by atoms with E-state index in [9.17, 15) is 18.0 Å². The SMILES string of the molecule is CC(F)(F)c1cc(F)ccc1-c1sc2c(ccc3[nH]ncc32)c1Oc1ccc(/C=C/C(=O)O)cc1. The lowest BCUT2D eigenvalue weighted by atomic mass is 10.00. The van der Waals surface area contributed by atoms with Crippen molar-refractivity contribution < 1.29 is 27.8 Å². The van der Waals surface area contributed by atoms with Gasteiger partial charge in [0, 0.05) is 39.6 Å². The number of hydrogen-bond acceptors (Lipinski definition) is 4. The number of halogens is 3. The largest absolute Gasteiger partial charge is 0.478 e. The van der Waals surface area contributed by atoms with Gasteiger partial charge in [0.1, 0.15) is 11.6 Å². The summed E-state index contributed by atoms with van der Waals surface area (Å²) in [5.74, 6) is -4.31. The van der Waals surface area contributed by atoms with Crippen molar-refractivity contribution in [1.29, 1.82) is 0 Å². The number of fused-ring (bicyclic) bond motifs is 3. The highest BCUT2D eigenvalue weighted by Gasteiger charge is 2.31. The quantitative estimate of drug-likeness (QED) is 0.239. The molecule has 0 aliphatic rings. The second kappa shape index (κ2) is 8.59. The molecule has 5 rings (SSSR count). The van der Waals surface area contributed by atoms with Crippen molar-refractivity contribution in [2.24, 2.45) is 0 Å². The molecule has 3 aromatic carbocycles. The van der Waals surface area contributed by atoms with E-state index in [1.807, 2.05) is 12.1 Å². The molecular formula is C26H17F3N2O3S. The molecule has 5 nitrogen and oxygen atoms in total. The maximum atomic E-state index is 14.5. The number of rotatable bonds is 6. The number of thiophene rings is 1. The third kappa shape index (κ3) is 4.38. The summed E-state index contributed by atoms with van der Waals surface area (Å²) in [4.78, 5) is 11.2. The first-order valence-corrected chi connectivity index (χ1v) is 11.3. The molecule has 0 spiro atoms. The number of benzene rings is 3. The molecule has 0 radical (unpaired) electrons. The van der Waals surface area contributed by atoms with Crippen molar-refractivity contribution in [3.63, 3.8) is 0 Å². The Balaban J connectivity index is 1.69. The van der Waals surface area contributed by atoms with E-state index in [1.165, 1.54) is 23.5 Å². The van der Waals surface area contributed by atoms with Crippen LogP contribution < -0.4 is 4.74 Å². The van der Waals surface area contributed by atoms with Crippen molar-refractivity contribution in [2.75, 3.05) is 0 Å². The Morgan fingerprint density at radius 2 is 1.89 bits per heavy atom. The first kappa shape index (κ1) is 22.7. The Bertz CT molecular complexity index is 1600. The number of alkyl halides is 2. The molecule has 176 valence electrons. The van der Waals surface area contributed by atoms with Crippen LogP contribution in [0.25, 0.3) is 37.5 Å². The van der Waals surface area contributed by atoms with Crippen LogP contribution in [0.1, 0.15) is 18.1 Å². The fourth-order valence-electron chi connectivity index (χ4n) is 3.84. The average molecular weight is 494 g/mol. The molecule has 35 heavy (non-hydrogen) atoms. The van der Waals surface area contributed by atoms with Gasteiger partial charge in [-0.3, -0.25) is 5.10 Å². The Morgan fingerprint density at radius 3 is 2.60 bits per heavy atom. The fraction of sp³-hybridized carbons (Fsp3) is 0.0769. The van der Waals surface area contributed by atoms with Crippen LogP contribution >= 0.6 is 11.3 Å². The molecule has 2 heterocycles. The van der Waals surface area contributed by atoms with Crippen LogP contribution in [0.4, 0.5) is 13.2 Å². The van der Waals surface area contributed by atoms with E-state index in [2.05, 4.69) is 10.2 Å². The highest BCUT2D eigenvalue weighted by atomic mass is 32.1. The average Bonchev–Trinajstić information content (AvgIpc) is 3.43. The van der Waals surface area contributed by atoms with Gasteiger partial charge in [-0.2, -0.15) is 5.10 Å². The first-order chi connectivity index (χ1) is 16.7. The lowest BCUT2D eigenvalue weighted by molar-refractivity contribution is -0.131.